The van der Waals surface area contributed by atoms with Crippen LogP contribution >= 0.6 is 0 Å². The van der Waals surface area contributed by atoms with Crippen molar-refractivity contribution in [2.45, 2.75) is 46.0 Å². The van der Waals surface area contributed by atoms with Crippen molar-refractivity contribution in [1.29, 1.82) is 5.26 Å². The number of hydrogen-bond acceptors (Lipinski definition) is 3. The first kappa shape index (κ1) is 13.0. The van der Waals surface area contributed by atoms with E-state index in [1.807, 2.05) is 13.8 Å². The maximum atomic E-state index is 12.3. The van der Waals surface area contributed by atoms with Crippen LogP contribution in [0.15, 0.2) is 0 Å². The van der Waals surface area contributed by atoms with Crippen LogP contribution in [0, 0.1) is 46.3 Å². The van der Waals surface area contributed by atoms with Crippen molar-refractivity contribution >= 4 is 5.97 Å². The minimum absolute atomic E-state index is 0.226. The van der Waals surface area contributed by atoms with E-state index in [9.17, 15) is 10.1 Å². The minimum Gasteiger partial charge on any atom is -0.465 e. The van der Waals surface area contributed by atoms with Gasteiger partial charge in [0.05, 0.1) is 12.7 Å². The molecule has 4 saturated carbocycles. The summed E-state index contributed by atoms with van der Waals surface area (Å²) in [6, 6.07) is 2.32. The van der Waals surface area contributed by atoms with Crippen molar-refractivity contribution in [3.63, 3.8) is 0 Å². The van der Waals surface area contributed by atoms with Crippen LogP contribution < -0.4 is 0 Å². The van der Waals surface area contributed by atoms with Crippen LogP contribution in [0.5, 0.6) is 0 Å². The molecule has 4 rings (SSSR count). The highest BCUT2D eigenvalue weighted by Gasteiger charge is 2.57. The second kappa shape index (κ2) is 4.51. The molecule has 0 N–H and O–H groups in total. The van der Waals surface area contributed by atoms with E-state index in [2.05, 4.69) is 6.07 Å². The Morgan fingerprint density at radius 1 is 1.21 bits per heavy atom. The standard InChI is InChI=1S/C16H23NO2/c1-3-19-15(18)16(2,9-17)14-12-5-10-4-11(7-12)8-13(14)6-10/h10-14H,3-8H2,1-2H3. The Labute approximate surface area is 115 Å². The van der Waals surface area contributed by atoms with Gasteiger partial charge in [-0.3, -0.25) is 4.79 Å². The van der Waals surface area contributed by atoms with Crippen molar-refractivity contribution in [3.05, 3.63) is 0 Å². The van der Waals surface area contributed by atoms with E-state index in [0.29, 0.717) is 18.4 Å². The zero-order valence-electron chi connectivity index (χ0n) is 11.9. The lowest BCUT2D eigenvalue weighted by molar-refractivity contribution is -0.163. The second-order valence-electron chi connectivity index (χ2n) is 6.99. The molecule has 0 amide bonds. The number of carbonyl (C=O) groups excluding carboxylic acids is 1. The van der Waals surface area contributed by atoms with Gasteiger partial charge in [0.15, 0.2) is 5.41 Å². The van der Waals surface area contributed by atoms with E-state index in [1.54, 1.807) is 0 Å². The van der Waals surface area contributed by atoms with Crippen LogP contribution in [0.4, 0.5) is 0 Å². The fraction of sp³-hybridized carbons (Fsp3) is 0.875. The Kier molecular flexibility index (Phi) is 3.08. The second-order valence-corrected chi connectivity index (χ2v) is 6.99. The van der Waals surface area contributed by atoms with E-state index in [4.69, 9.17) is 4.74 Å². The van der Waals surface area contributed by atoms with Crippen LogP contribution in [-0.4, -0.2) is 12.6 Å². The molecule has 19 heavy (non-hydrogen) atoms. The summed E-state index contributed by atoms with van der Waals surface area (Å²) in [7, 11) is 0. The average Bonchev–Trinajstić information content (AvgIpc) is 2.37. The third-order valence-corrected chi connectivity index (χ3v) is 5.83. The predicted octanol–water partition coefficient (Wildman–Crippen LogP) is 3.15. The van der Waals surface area contributed by atoms with Gasteiger partial charge in [-0.25, -0.2) is 0 Å². The Morgan fingerprint density at radius 3 is 2.16 bits per heavy atom. The fourth-order valence-electron chi connectivity index (χ4n) is 5.41. The molecule has 4 bridgehead atoms. The van der Waals surface area contributed by atoms with E-state index < -0.39 is 5.41 Å². The van der Waals surface area contributed by atoms with Crippen LogP contribution in [0.3, 0.4) is 0 Å². The molecule has 4 fully saturated rings. The monoisotopic (exact) mass is 261 g/mol. The van der Waals surface area contributed by atoms with Crippen molar-refractivity contribution in [1.82, 2.24) is 0 Å². The maximum Gasteiger partial charge on any atom is 0.326 e. The van der Waals surface area contributed by atoms with Crippen LogP contribution in [0.25, 0.3) is 0 Å². The fourth-order valence-corrected chi connectivity index (χ4v) is 5.41. The Morgan fingerprint density at radius 2 is 1.74 bits per heavy atom. The van der Waals surface area contributed by atoms with Gasteiger partial charge in [0.1, 0.15) is 0 Å². The lowest BCUT2D eigenvalue weighted by atomic mass is 9.47. The zero-order chi connectivity index (χ0) is 13.6. The molecule has 4 aliphatic carbocycles. The summed E-state index contributed by atoms with van der Waals surface area (Å²) in [5.41, 5.74) is -0.932. The molecule has 3 nitrogen and oxygen atoms in total. The van der Waals surface area contributed by atoms with Gasteiger partial charge >= 0.3 is 5.97 Å². The molecule has 0 saturated heterocycles. The molecule has 0 aromatic carbocycles. The molecule has 1 unspecified atom stereocenters. The first-order valence-corrected chi connectivity index (χ1v) is 7.67. The van der Waals surface area contributed by atoms with Gasteiger partial charge in [-0.15, -0.1) is 0 Å². The summed E-state index contributed by atoms with van der Waals surface area (Å²) in [6.45, 7) is 3.99. The van der Waals surface area contributed by atoms with Crippen LogP contribution in [0.1, 0.15) is 46.0 Å². The van der Waals surface area contributed by atoms with Crippen molar-refractivity contribution in [2.75, 3.05) is 6.61 Å². The molecule has 0 aromatic heterocycles. The Balaban J connectivity index is 1.88. The van der Waals surface area contributed by atoms with Gasteiger partial charge in [-0.1, -0.05) is 0 Å². The normalized spacial score (nSPS) is 42.5. The predicted molar refractivity (Wildman–Crippen MR) is 70.9 cm³/mol. The van der Waals surface area contributed by atoms with Gasteiger partial charge in [0, 0.05) is 0 Å². The topological polar surface area (TPSA) is 50.1 Å². The van der Waals surface area contributed by atoms with Crippen molar-refractivity contribution in [3.8, 4) is 6.07 Å². The highest BCUT2D eigenvalue weighted by molar-refractivity contribution is 5.80. The molecule has 3 heteroatoms. The number of ether oxygens (including phenoxy) is 1. The SMILES string of the molecule is CCOC(=O)C(C)(C#N)C1C2CC3CC(C2)CC1C3. The Hall–Kier alpha value is -1.04. The lowest BCUT2D eigenvalue weighted by Gasteiger charge is -2.57. The summed E-state index contributed by atoms with van der Waals surface area (Å²) in [5.74, 6) is 2.81. The van der Waals surface area contributed by atoms with Gasteiger partial charge in [0.2, 0.25) is 0 Å². The molecule has 0 spiro atoms. The summed E-state index contributed by atoms with van der Waals surface area (Å²) in [5, 5.41) is 9.62. The molecular weight excluding hydrogens is 238 g/mol. The largest absolute Gasteiger partial charge is 0.465 e. The Bertz CT molecular complexity index is 397. The number of nitriles is 1. The molecule has 0 aromatic rings. The van der Waals surface area contributed by atoms with E-state index in [-0.39, 0.29) is 11.9 Å². The van der Waals surface area contributed by atoms with Crippen molar-refractivity contribution in [2.24, 2.45) is 35.0 Å². The van der Waals surface area contributed by atoms with Crippen LogP contribution in [-0.2, 0) is 9.53 Å². The molecule has 4 aliphatic rings. The minimum atomic E-state index is -0.932. The number of rotatable bonds is 3. The van der Waals surface area contributed by atoms with Crippen LogP contribution in [0.2, 0.25) is 0 Å². The highest BCUT2D eigenvalue weighted by Crippen LogP contribution is 2.60. The highest BCUT2D eigenvalue weighted by atomic mass is 16.5. The van der Waals surface area contributed by atoms with Crippen molar-refractivity contribution < 1.29 is 9.53 Å². The smallest absolute Gasteiger partial charge is 0.326 e. The first-order chi connectivity index (χ1) is 9.08. The van der Waals surface area contributed by atoms with E-state index >= 15 is 0 Å². The maximum absolute atomic E-state index is 12.3. The third kappa shape index (κ3) is 1.88. The quantitative estimate of drug-likeness (QED) is 0.733. The number of hydrogen-bond donors (Lipinski definition) is 0. The molecule has 0 aliphatic heterocycles. The van der Waals surface area contributed by atoms with E-state index in [1.165, 1.54) is 32.1 Å². The summed E-state index contributed by atoms with van der Waals surface area (Å²) in [6.07, 6.45) is 6.31. The van der Waals surface area contributed by atoms with Gasteiger partial charge in [0.25, 0.3) is 0 Å². The summed E-state index contributed by atoms with van der Waals surface area (Å²) >= 11 is 0. The first-order valence-electron chi connectivity index (χ1n) is 7.67. The molecule has 0 heterocycles. The molecule has 104 valence electrons. The number of carbonyl (C=O) groups is 1. The van der Waals surface area contributed by atoms with Gasteiger partial charge < -0.3 is 4.74 Å². The molecule has 1 atom stereocenters. The number of nitrogens with zero attached hydrogens (tertiary/aromatic N) is 1. The van der Waals surface area contributed by atoms with Gasteiger partial charge in [-0.05, 0) is 75.5 Å². The zero-order valence-corrected chi connectivity index (χ0v) is 11.9. The molecular formula is C16H23NO2. The number of esters is 1. The summed E-state index contributed by atoms with van der Waals surface area (Å²) < 4.78 is 5.19. The van der Waals surface area contributed by atoms with Gasteiger partial charge in [-0.2, -0.15) is 5.26 Å². The average molecular weight is 261 g/mol. The summed E-state index contributed by atoms with van der Waals surface area (Å²) in [4.78, 5) is 12.3. The molecule has 0 radical (unpaired) electrons. The third-order valence-electron chi connectivity index (χ3n) is 5.83. The lowest BCUT2D eigenvalue weighted by Crippen LogP contribution is -2.53. The van der Waals surface area contributed by atoms with E-state index in [0.717, 1.165) is 11.8 Å².